The normalized spacial score (nSPS) is 11.6. The van der Waals surface area contributed by atoms with Crippen molar-refractivity contribution in [2.24, 2.45) is 0 Å². The van der Waals surface area contributed by atoms with Gasteiger partial charge in [0.15, 0.2) is 11.5 Å². The lowest BCUT2D eigenvalue weighted by Gasteiger charge is -2.00. The fourth-order valence-corrected chi connectivity index (χ4v) is 3.17. The Morgan fingerprint density at radius 1 is 0.846 bits per heavy atom. The molecule has 26 heavy (non-hydrogen) atoms. The van der Waals surface area contributed by atoms with E-state index < -0.39 is 0 Å². The van der Waals surface area contributed by atoms with E-state index in [1.165, 1.54) is 0 Å². The average molecular weight is 340 g/mol. The Kier molecular flexibility index (Phi) is 3.35. The minimum absolute atomic E-state index is 0.737. The van der Waals surface area contributed by atoms with Crippen LogP contribution in [0.1, 0.15) is 17.2 Å². The van der Waals surface area contributed by atoms with Gasteiger partial charge in [-0.05, 0) is 55.8 Å². The van der Waals surface area contributed by atoms with Crippen LogP contribution in [0.5, 0.6) is 0 Å². The molecule has 0 N–H and O–H groups in total. The van der Waals surface area contributed by atoms with Crippen molar-refractivity contribution in [1.29, 1.82) is 0 Å². The summed E-state index contributed by atoms with van der Waals surface area (Å²) in [7, 11) is 0. The van der Waals surface area contributed by atoms with Crippen LogP contribution in [-0.4, -0.2) is 29.5 Å². The Labute approximate surface area is 149 Å². The SMILES string of the molecule is Cc1ccc2c(ccn3nc(CCc4ccc5ncccc5n4)nc23)n1. The second-order valence-corrected chi connectivity index (χ2v) is 6.34. The number of aryl methyl sites for hydroxylation is 3. The van der Waals surface area contributed by atoms with Gasteiger partial charge in [-0.25, -0.2) is 9.50 Å². The lowest BCUT2D eigenvalue weighted by Crippen LogP contribution is -1.97. The third-order valence-electron chi connectivity index (χ3n) is 4.47. The van der Waals surface area contributed by atoms with Crippen molar-refractivity contribution in [1.82, 2.24) is 29.5 Å². The van der Waals surface area contributed by atoms with Crippen LogP contribution in [-0.2, 0) is 12.8 Å². The molecule has 5 rings (SSSR count). The van der Waals surface area contributed by atoms with Gasteiger partial charge in [0.2, 0.25) is 0 Å². The molecule has 0 amide bonds. The Morgan fingerprint density at radius 3 is 2.77 bits per heavy atom. The van der Waals surface area contributed by atoms with E-state index in [-0.39, 0.29) is 0 Å². The monoisotopic (exact) mass is 340 g/mol. The quantitative estimate of drug-likeness (QED) is 0.504. The number of pyridine rings is 4. The van der Waals surface area contributed by atoms with Gasteiger partial charge in [-0.1, -0.05) is 0 Å². The van der Waals surface area contributed by atoms with Gasteiger partial charge in [-0.15, -0.1) is 0 Å². The van der Waals surface area contributed by atoms with Crippen LogP contribution < -0.4 is 0 Å². The van der Waals surface area contributed by atoms with E-state index in [4.69, 9.17) is 4.98 Å². The largest absolute Gasteiger partial charge is 0.255 e. The molecule has 0 atom stereocenters. The Hall–Kier alpha value is -3.41. The average Bonchev–Trinajstić information content (AvgIpc) is 3.09. The third kappa shape index (κ3) is 2.56. The van der Waals surface area contributed by atoms with Crippen molar-refractivity contribution in [3.8, 4) is 0 Å². The van der Waals surface area contributed by atoms with Crippen LogP contribution in [0.2, 0.25) is 0 Å². The fourth-order valence-electron chi connectivity index (χ4n) is 3.17. The summed E-state index contributed by atoms with van der Waals surface area (Å²) < 4.78 is 1.83. The Balaban J connectivity index is 1.46. The van der Waals surface area contributed by atoms with Crippen molar-refractivity contribution in [3.05, 3.63) is 72.1 Å². The first kappa shape index (κ1) is 14.9. The molecule has 5 aromatic heterocycles. The second-order valence-electron chi connectivity index (χ2n) is 6.34. The molecule has 6 nitrogen and oxygen atoms in total. The molecule has 0 radical (unpaired) electrons. The summed E-state index contributed by atoms with van der Waals surface area (Å²) in [5.41, 5.74) is 5.64. The molecule has 0 spiro atoms. The lowest BCUT2D eigenvalue weighted by atomic mass is 10.2. The zero-order chi connectivity index (χ0) is 17.5. The maximum absolute atomic E-state index is 4.72. The summed E-state index contributed by atoms with van der Waals surface area (Å²) in [5.74, 6) is 0.811. The summed E-state index contributed by atoms with van der Waals surface area (Å²) >= 11 is 0. The topological polar surface area (TPSA) is 68.9 Å². The molecule has 0 aliphatic carbocycles. The van der Waals surface area contributed by atoms with Crippen molar-refractivity contribution in [2.45, 2.75) is 19.8 Å². The first-order valence-corrected chi connectivity index (χ1v) is 8.58. The van der Waals surface area contributed by atoms with Crippen LogP contribution >= 0.6 is 0 Å². The smallest absolute Gasteiger partial charge is 0.164 e. The van der Waals surface area contributed by atoms with Gasteiger partial charge in [-0.3, -0.25) is 15.0 Å². The number of rotatable bonds is 3. The van der Waals surface area contributed by atoms with E-state index in [9.17, 15) is 0 Å². The predicted octanol–water partition coefficient (Wildman–Crippen LogP) is 3.31. The molecule has 126 valence electrons. The Morgan fingerprint density at radius 2 is 1.81 bits per heavy atom. The highest BCUT2D eigenvalue weighted by Gasteiger charge is 2.09. The number of hydrogen-bond donors (Lipinski definition) is 0. The molecule has 0 fully saturated rings. The highest BCUT2D eigenvalue weighted by Crippen LogP contribution is 2.18. The number of aromatic nitrogens is 6. The van der Waals surface area contributed by atoms with Crippen LogP contribution in [0.4, 0.5) is 0 Å². The number of fused-ring (bicyclic) bond motifs is 4. The molecule has 0 unspecified atom stereocenters. The first-order chi connectivity index (χ1) is 12.8. The van der Waals surface area contributed by atoms with E-state index in [2.05, 4.69) is 26.1 Å². The second kappa shape index (κ2) is 5.84. The highest BCUT2D eigenvalue weighted by molar-refractivity contribution is 5.91. The zero-order valence-electron chi connectivity index (χ0n) is 14.3. The molecular weight excluding hydrogens is 324 g/mol. The zero-order valence-corrected chi connectivity index (χ0v) is 14.3. The van der Waals surface area contributed by atoms with Gasteiger partial charge in [0, 0.05) is 35.6 Å². The van der Waals surface area contributed by atoms with Crippen molar-refractivity contribution in [3.63, 3.8) is 0 Å². The van der Waals surface area contributed by atoms with Gasteiger partial charge in [0.1, 0.15) is 0 Å². The standard InChI is InChI=1S/C20H16N6/c1-13-4-7-15-16(22-13)10-12-26-20(15)24-19(25-26)9-6-14-5-8-17-18(23-14)3-2-11-21-17/h2-5,7-8,10-12H,6,9H2,1H3. The van der Waals surface area contributed by atoms with E-state index in [1.54, 1.807) is 6.20 Å². The van der Waals surface area contributed by atoms with Crippen LogP contribution in [0.15, 0.2) is 54.9 Å². The highest BCUT2D eigenvalue weighted by atomic mass is 15.3. The van der Waals surface area contributed by atoms with Gasteiger partial charge in [0.05, 0.1) is 16.6 Å². The van der Waals surface area contributed by atoms with E-state index in [1.807, 2.05) is 54.0 Å². The minimum Gasteiger partial charge on any atom is -0.255 e. The first-order valence-electron chi connectivity index (χ1n) is 8.58. The van der Waals surface area contributed by atoms with Gasteiger partial charge in [0.25, 0.3) is 0 Å². The summed E-state index contributed by atoms with van der Waals surface area (Å²) in [4.78, 5) is 18.3. The van der Waals surface area contributed by atoms with Gasteiger partial charge in [-0.2, -0.15) is 5.10 Å². The molecular formula is C20H16N6. The van der Waals surface area contributed by atoms with E-state index in [0.717, 1.165) is 57.6 Å². The van der Waals surface area contributed by atoms with E-state index in [0.29, 0.717) is 0 Å². The van der Waals surface area contributed by atoms with Gasteiger partial charge >= 0.3 is 0 Å². The Bertz CT molecular complexity index is 1260. The van der Waals surface area contributed by atoms with Crippen molar-refractivity contribution < 1.29 is 0 Å². The fraction of sp³-hybridized carbons (Fsp3) is 0.150. The lowest BCUT2D eigenvalue weighted by molar-refractivity contribution is 0.824. The molecule has 5 heterocycles. The summed E-state index contributed by atoms with van der Waals surface area (Å²) in [6, 6.07) is 14.0. The molecule has 0 aliphatic rings. The molecule has 5 aromatic rings. The summed E-state index contributed by atoms with van der Waals surface area (Å²) in [5, 5.41) is 5.62. The maximum Gasteiger partial charge on any atom is 0.164 e. The molecule has 6 heteroatoms. The summed E-state index contributed by atoms with van der Waals surface area (Å²) in [6.45, 7) is 1.99. The molecule has 0 bridgehead atoms. The molecule has 0 aliphatic heterocycles. The number of hydrogen-bond acceptors (Lipinski definition) is 5. The molecule has 0 aromatic carbocycles. The van der Waals surface area contributed by atoms with Crippen molar-refractivity contribution >= 4 is 27.6 Å². The summed E-state index contributed by atoms with van der Waals surface area (Å²) in [6.07, 6.45) is 5.23. The van der Waals surface area contributed by atoms with Crippen molar-refractivity contribution in [2.75, 3.05) is 0 Å². The third-order valence-corrected chi connectivity index (χ3v) is 4.47. The maximum atomic E-state index is 4.72. The van der Waals surface area contributed by atoms with E-state index >= 15 is 0 Å². The molecule has 0 saturated heterocycles. The van der Waals surface area contributed by atoms with Crippen LogP contribution in [0, 0.1) is 6.92 Å². The molecule has 0 saturated carbocycles. The van der Waals surface area contributed by atoms with Crippen LogP contribution in [0.3, 0.4) is 0 Å². The van der Waals surface area contributed by atoms with Gasteiger partial charge < -0.3 is 0 Å². The minimum atomic E-state index is 0.737. The predicted molar refractivity (Wildman–Crippen MR) is 100.0 cm³/mol. The van der Waals surface area contributed by atoms with Crippen LogP contribution in [0.25, 0.3) is 27.6 Å². The number of nitrogens with zero attached hydrogens (tertiary/aromatic N) is 6.